The molecule has 1 aliphatic rings. The summed E-state index contributed by atoms with van der Waals surface area (Å²) in [6.45, 7) is 4.50. The molecule has 2 aromatic heterocycles. The van der Waals surface area contributed by atoms with Gasteiger partial charge >= 0.3 is 0 Å². The second kappa shape index (κ2) is 4.49. The smallest absolute Gasteiger partial charge is 0.291 e. The van der Waals surface area contributed by atoms with Crippen LogP contribution in [-0.2, 0) is 0 Å². The average molecular weight is 261 g/mol. The van der Waals surface area contributed by atoms with Crippen molar-refractivity contribution < 1.29 is 9.32 Å². The Hall–Kier alpha value is -2.18. The van der Waals surface area contributed by atoms with Crippen molar-refractivity contribution in [3.63, 3.8) is 0 Å². The number of amides is 1. The number of aromatic nitrogens is 4. The van der Waals surface area contributed by atoms with E-state index in [1.807, 2.05) is 18.7 Å². The quantitative estimate of drug-likeness (QED) is 0.882. The van der Waals surface area contributed by atoms with E-state index in [4.69, 9.17) is 4.52 Å². The van der Waals surface area contributed by atoms with Crippen LogP contribution in [0.5, 0.6) is 0 Å². The fraction of sp³-hybridized carbons (Fsp3) is 0.500. The van der Waals surface area contributed by atoms with Crippen LogP contribution in [0.4, 0.5) is 0 Å². The molecule has 3 heterocycles. The molecule has 2 aromatic rings. The Labute approximate surface area is 110 Å². The molecule has 1 fully saturated rings. The summed E-state index contributed by atoms with van der Waals surface area (Å²) in [4.78, 5) is 18.1. The monoisotopic (exact) mass is 261 g/mol. The number of H-pyrrole nitrogens is 1. The van der Waals surface area contributed by atoms with Gasteiger partial charge in [0.25, 0.3) is 5.91 Å². The number of aromatic amines is 1. The van der Waals surface area contributed by atoms with Gasteiger partial charge in [-0.1, -0.05) is 5.16 Å². The fourth-order valence-corrected chi connectivity index (χ4v) is 2.72. The van der Waals surface area contributed by atoms with E-state index in [0.717, 1.165) is 29.9 Å². The third kappa shape index (κ3) is 1.91. The predicted octanol–water partition coefficient (Wildman–Crippen LogP) is 1.39. The number of carbonyl (C=O) groups is 1. The van der Waals surface area contributed by atoms with Crippen LogP contribution in [0.1, 0.15) is 46.5 Å². The van der Waals surface area contributed by atoms with Gasteiger partial charge < -0.3 is 9.42 Å². The minimum absolute atomic E-state index is 0.0175. The molecule has 0 bridgehead atoms. The van der Waals surface area contributed by atoms with E-state index in [2.05, 4.69) is 20.3 Å². The maximum Gasteiger partial charge on any atom is 0.291 e. The summed E-state index contributed by atoms with van der Waals surface area (Å²) in [6, 6.07) is 0.0175. The van der Waals surface area contributed by atoms with Crippen LogP contribution in [0.15, 0.2) is 10.9 Å². The summed E-state index contributed by atoms with van der Waals surface area (Å²) in [7, 11) is 0. The van der Waals surface area contributed by atoms with Gasteiger partial charge in [0.05, 0.1) is 11.7 Å². The van der Waals surface area contributed by atoms with Crippen molar-refractivity contribution in [3.05, 3.63) is 29.2 Å². The zero-order valence-electron chi connectivity index (χ0n) is 10.9. The molecule has 3 rings (SSSR count). The Morgan fingerprint density at radius 1 is 1.53 bits per heavy atom. The minimum Gasteiger partial charge on any atom is -0.361 e. The number of nitrogens with zero attached hydrogens (tertiary/aromatic N) is 4. The number of nitrogens with one attached hydrogen (secondary N) is 1. The topological polar surface area (TPSA) is 87.9 Å². The highest BCUT2D eigenvalue weighted by Gasteiger charge is 2.35. The number of hydrogen-bond acceptors (Lipinski definition) is 5. The second-order valence-electron chi connectivity index (χ2n) is 4.73. The van der Waals surface area contributed by atoms with Crippen molar-refractivity contribution in [1.29, 1.82) is 0 Å². The van der Waals surface area contributed by atoms with E-state index in [9.17, 15) is 4.79 Å². The Bertz CT molecular complexity index is 570. The molecule has 0 aliphatic carbocycles. The lowest BCUT2D eigenvalue weighted by Crippen LogP contribution is -2.31. The number of likely N-dealkylation sites (tertiary alicyclic amines) is 1. The summed E-state index contributed by atoms with van der Waals surface area (Å²) >= 11 is 0. The van der Waals surface area contributed by atoms with Crippen LogP contribution in [0.25, 0.3) is 0 Å². The summed E-state index contributed by atoms with van der Waals surface area (Å²) in [5.74, 6) is 0.929. The zero-order valence-corrected chi connectivity index (χ0v) is 10.9. The SMILES string of the molecule is Cc1noc(C)c1C1CCCN1C(=O)c1ncn[nH]1. The summed E-state index contributed by atoms with van der Waals surface area (Å²) in [5.41, 5.74) is 1.87. The molecule has 1 unspecified atom stereocenters. The van der Waals surface area contributed by atoms with Crippen molar-refractivity contribution >= 4 is 5.91 Å². The van der Waals surface area contributed by atoms with Crippen molar-refractivity contribution in [3.8, 4) is 0 Å². The summed E-state index contributed by atoms with van der Waals surface area (Å²) < 4.78 is 5.20. The Kier molecular flexibility index (Phi) is 2.81. The first-order chi connectivity index (χ1) is 9.18. The average Bonchev–Trinajstić information content (AvgIpc) is 3.10. The van der Waals surface area contributed by atoms with E-state index in [1.54, 1.807) is 0 Å². The molecular formula is C12H15N5O2. The van der Waals surface area contributed by atoms with Crippen molar-refractivity contribution in [1.82, 2.24) is 25.2 Å². The van der Waals surface area contributed by atoms with Gasteiger partial charge in [0, 0.05) is 12.1 Å². The minimum atomic E-state index is -0.125. The maximum atomic E-state index is 12.4. The molecule has 1 N–H and O–H groups in total. The molecule has 1 aliphatic heterocycles. The van der Waals surface area contributed by atoms with Gasteiger partial charge in [-0.25, -0.2) is 4.98 Å². The van der Waals surface area contributed by atoms with Crippen LogP contribution >= 0.6 is 0 Å². The molecule has 1 saturated heterocycles. The van der Waals surface area contributed by atoms with Gasteiger partial charge in [0.1, 0.15) is 12.1 Å². The standard InChI is InChI=1S/C12H15N5O2/c1-7-10(8(2)19-16-7)9-4-3-5-17(9)12(18)11-13-6-14-15-11/h6,9H,3-5H2,1-2H3,(H,13,14,15). The van der Waals surface area contributed by atoms with E-state index in [-0.39, 0.29) is 17.8 Å². The molecular weight excluding hydrogens is 246 g/mol. The lowest BCUT2D eigenvalue weighted by atomic mass is 10.0. The highest BCUT2D eigenvalue weighted by Crippen LogP contribution is 2.36. The third-order valence-corrected chi connectivity index (χ3v) is 3.55. The molecule has 0 spiro atoms. The van der Waals surface area contributed by atoms with Gasteiger partial charge in [0.2, 0.25) is 5.82 Å². The molecule has 7 heteroatoms. The van der Waals surface area contributed by atoms with Crippen molar-refractivity contribution in [2.24, 2.45) is 0 Å². The molecule has 1 atom stereocenters. The molecule has 0 aromatic carbocycles. The number of aryl methyl sites for hydroxylation is 2. The van der Waals surface area contributed by atoms with E-state index >= 15 is 0 Å². The number of rotatable bonds is 2. The lowest BCUT2D eigenvalue weighted by Gasteiger charge is -2.23. The van der Waals surface area contributed by atoms with Gasteiger partial charge in [-0.05, 0) is 26.7 Å². The van der Waals surface area contributed by atoms with Crippen molar-refractivity contribution in [2.45, 2.75) is 32.7 Å². The molecule has 100 valence electrons. The van der Waals surface area contributed by atoms with Crippen LogP contribution in [-0.4, -0.2) is 37.7 Å². The molecule has 7 nitrogen and oxygen atoms in total. The zero-order chi connectivity index (χ0) is 13.4. The normalized spacial score (nSPS) is 19.1. The fourth-order valence-electron chi connectivity index (χ4n) is 2.72. The first kappa shape index (κ1) is 11.9. The molecule has 1 amide bonds. The Balaban J connectivity index is 1.92. The first-order valence-electron chi connectivity index (χ1n) is 6.27. The maximum absolute atomic E-state index is 12.4. The first-order valence-corrected chi connectivity index (χ1v) is 6.27. The van der Waals surface area contributed by atoms with E-state index < -0.39 is 0 Å². The van der Waals surface area contributed by atoms with Crippen LogP contribution in [0.2, 0.25) is 0 Å². The predicted molar refractivity (Wildman–Crippen MR) is 65.4 cm³/mol. The molecule has 0 saturated carbocycles. The molecule has 0 radical (unpaired) electrons. The van der Waals surface area contributed by atoms with Gasteiger partial charge in [0.15, 0.2) is 0 Å². The highest BCUT2D eigenvalue weighted by molar-refractivity contribution is 5.90. The van der Waals surface area contributed by atoms with Crippen LogP contribution in [0.3, 0.4) is 0 Å². The molecule has 19 heavy (non-hydrogen) atoms. The van der Waals surface area contributed by atoms with E-state index in [1.165, 1.54) is 6.33 Å². The van der Waals surface area contributed by atoms with Crippen LogP contribution in [0, 0.1) is 13.8 Å². The third-order valence-electron chi connectivity index (χ3n) is 3.55. The summed E-state index contributed by atoms with van der Waals surface area (Å²) in [6.07, 6.45) is 3.23. The number of hydrogen-bond donors (Lipinski definition) is 1. The van der Waals surface area contributed by atoms with Gasteiger partial charge in [-0.2, -0.15) is 5.10 Å². The van der Waals surface area contributed by atoms with Crippen molar-refractivity contribution in [2.75, 3.05) is 6.54 Å². The second-order valence-corrected chi connectivity index (χ2v) is 4.73. The largest absolute Gasteiger partial charge is 0.361 e. The summed E-state index contributed by atoms with van der Waals surface area (Å²) in [5, 5.41) is 10.3. The van der Waals surface area contributed by atoms with Gasteiger partial charge in [-0.15, -0.1) is 0 Å². The van der Waals surface area contributed by atoms with E-state index in [0.29, 0.717) is 6.54 Å². The number of carbonyl (C=O) groups excluding carboxylic acids is 1. The Morgan fingerprint density at radius 2 is 2.37 bits per heavy atom. The Morgan fingerprint density at radius 3 is 3.00 bits per heavy atom. The highest BCUT2D eigenvalue weighted by atomic mass is 16.5. The van der Waals surface area contributed by atoms with Crippen LogP contribution < -0.4 is 0 Å². The van der Waals surface area contributed by atoms with Gasteiger partial charge in [-0.3, -0.25) is 9.89 Å². The lowest BCUT2D eigenvalue weighted by molar-refractivity contribution is 0.0722.